The minimum absolute atomic E-state index is 0.0313. The Balaban J connectivity index is 1.72. The van der Waals surface area contributed by atoms with E-state index in [0.717, 1.165) is 71.8 Å². The van der Waals surface area contributed by atoms with E-state index in [0.29, 0.717) is 11.5 Å². The van der Waals surface area contributed by atoms with Crippen molar-refractivity contribution in [1.29, 1.82) is 0 Å². The van der Waals surface area contributed by atoms with Crippen LogP contribution in [0.4, 0.5) is 11.4 Å². The van der Waals surface area contributed by atoms with Crippen molar-refractivity contribution >= 4 is 11.4 Å². The quantitative estimate of drug-likeness (QED) is 0.616. The third-order valence-electron chi connectivity index (χ3n) is 6.73. The second kappa shape index (κ2) is 8.81. The molecule has 1 fully saturated rings. The second-order valence-electron chi connectivity index (χ2n) is 8.62. The van der Waals surface area contributed by atoms with Crippen LogP contribution < -0.4 is 25.2 Å². The van der Waals surface area contributed by atoms with Crippen molar-refractivity contribution < 1.29 is 9.47 Å². The number of anilines is 2. The van der Waals surface area contributed by atoms with Crippen LogP contribution in [-0.4, -0.2) is 44.1 Å². The number of hydrogen-bond acceptors (Lipinski definition) is 6. The molecular formula is C26H30N4O3. The minimum atomic E-state index is -0.0313. The Morgan fingerprint density at radius 1 is 0.909 bits per heavy atom. The molecule has 0 amide bonds. The molecule has 0 unspecified atom stereocenters. The van der Waals surface area contributed by atoms with Gasteiger partial charge in [-0.25, -0.2) is 0 Å². The summed E-state index contributed by atoms with van der Waals surface area (Å²) in [5.41, 5.74) is 6.34. The summed E-state index contributed by atoms with van der Waals surface area (Å²) in [6.45, 7) is 2.08. The third-order valence-corrected chi connectivity index (χ3v) is 6.73. The average molecular weight is 447 g/mol. The molecule has 0 bridgehead atoms. The van der Waals surface area contributed by atoms with Crippen LogP contribution in [0, 0.1) is 0 Å². The highest BCUT2D eigenvalue weighted by Gasteiger charge is 2.25. The van der Waals surface area contributed by atoms with Gasteiger partial charge in [-0.15, -0.1) is 0 Å². The van der Waals surface area contributed by atoms with E-state index in [9.17, 15) is 4.79 Å². The lowest BCUT2D eigenvalue weighted by molar-refractivity contribution is 0.394. The first-order valence-corrected chi connectivity index (χ1v) is 11.6. The molecule has 2 aromatic carbocycles. The highest BCUT2D eigenvalue weighted by atomic mass is 16.5. The largest absolute Gasteiger partial charge is 0.497 e. The van der Waals surface area contributed by atoms with E-state index in [1.807, 2.05) is 31.3 Å². The zero-order valence-corrected chi connectivity index (χ0v) is 19.5. The first kappa shape index (κ1) is 21.4. The van der Waals surface area contributed by atoms with Crippen molar-refractivity contribution in [3.63, 3.8) is 0 Å². The number of ether oxygens (including phenoxy) is 2. The second-order valence-corrected chi connectivity index (χ2v) is 8.62. The molecule has 0 saturated carbocycles. The predicted molar refractivity (Wildman–Crippen MR) is 131 cm³/mol. The summed E-state index contributed by atoms with van der Waals surface area (Å²) >= 11 is 0. The van der Waals surface area contributed by atoms with E-state index < -0.39 is 0 Å². The maximum Gasteiger partial charge on any atom is 0.275 e. The van der Waals surface area contributed by atoms with Crippen molar-refractivity contribution in [2.75, 3.05) is 44.6 Å². The summed E-state index contributed by atoms with van der Waals surface area (Å²) in [6.07, 6.45) is 4.96. The molecule has 2 aliphatic rings. The van der Waals surface area contributed by atoms with Crippen molar-refractivity contribution in [2.24, 2.45) is 0 Å². The van der Waals surface area contributed by atoms with Gasteiger partial charge in [0.05, 0.1) is 31.3 Å². The topological polar surface area (TPSA) is 68.6 Å². The normalized spacial score (nSPS) is 14.9. The van der Waals surface area contributed by atoms with Crippen molar-refractivity contribution in [1.82, 2.24) is 9.78 Å². The van der Waals surface area contributed by atoms with Crippen LogP contribution in [0.15, 0.2) is 41.2 Å². The van der Waals surface area contributed by atoms with E-state index in [-0.39, 0.29) is 5.56 Å². The molecule has 1 saturated heterocycles. The lowest BCUT2D eigenvalue weighted by Gasteiger charge is -2.21. The van der Waals surface area contributed by atoms with Gasteiger partial charge in [0.1, 0.15) is 11.5 Å². The van der Waals surface area contributed by atoms with E-state index in [4.69, 9.17) is 14.6 Å². The fraction of sp³-hybridized carbons (Fsp3) is 0.385. The zero-order chi connectivity index (χ0) is 22.9. The van der Waals surface area contributed by atoms with Crippen LogP contribution in [0.25, 0.3) is 16.9 Å². The maximum absolute atomic E-state index is 13.6. The Labute approximate surface area is 193 Å². The van der Waals surface area contributed by atoms with Crippen LogP contribution in [-0.2, 0) is 12.8 Å². The molecule has 0 radical (unpaired) electrons. The molecule has 7 nitrogen and oxygen atoms in total. The minimum Gasteiger partial charge on any atom is -0.497 e. The number of nitrogens with zero attached hydrogens (tertiary/aromatic N) is 3. The Bertz CT molecular complexity index is 1220. The molecule has 33 heavy (non-hydrogen) atoms. The fourth-order valence-corrected chi connectivity index (χ4v) is 4.99. The Morgan fingerprint density at radius 2 is 1.61 bits per heavy atom. The standard InChI is InChI=1S/C26H30N4O3/c1-27-23-10-9-18(29-11-4-5-12-29)15-24(23)30-26(31)22-8-6-7-21(22)25(28-30)17-13-19(32-2)16-20(14-17)33-3/h9-10,13-16,27H,4-8,11-12H2,1-3H3. The summed E-state index contributed by atoms with van der Waals surface area (Å²) in [7, 11) is 5.15. The summed E-state index contributed by atoms with van der Waals surface area (Å²) in [6, 6.07) is 12.0. The van der Waals surface area contributed by atoms with Crippen LogP contribution in [0.2, 0.25) is 0 Å². The molecule has 0 spiro atoms. The van der Waals surface area contributed by atoms with Gasteiger partial charge in [0.25, 0.3) is 5.56 Å². The van der Waals surface area contributed by atoms with Gasteiger partial charge < -0.3 is 19.7 Å². The molecule has 1 aromatic heterocycles. The average Bonchev–Trinajstić information content (AvgIpc) is 3.56. The number of nitrogens with one attached hydrogen (secondary N) is 1. The number of aromatic nitrogens is 2. The molecule has 1 aliphatic carbocycles. The lowest BCUT2D eigenvalue weighted by Crippen LogP contribution is -2.27. The molecule has 1 aliphatic heterocycles. The van der Waals surface area contributed by atoms with E-state index in [1.54, 1.807) is 18.9 Å². The monoisotopic (exact) mass is 446 g/mol. The summed E-state index contributed by atoms with van der Waals surface area (Å²) in [5.74, 6) is 1.39. The highest BCUT2D eigenvalue weighted by Crippen LogP contribution is 2.35. The first-order valence-electron chi connectivity index (χ1n) is 11.6. The smallest absolute Gasteiger partial charge is 0.275 e. The van der Waals surface area contributed by atoms with Crippen LogP contribution >= 0.6 is 0 Å². The number of fused-ring (bicyclic) bond motifs is 1. The molecular weight excluding hydrogens is 416 g/mol. The molecule has 2 heterocycles. The van der Waals surface area contributed by atoms with Gasteiger partial charge >= 0.3 is 0 Å². The fourth-order valence-electron chi connectivity index (χ4n) is 4.99. The van der Waals surface area contributed by atoms with Crippen molar-refractivity contribution in [3.8, 4) is 28.4 Å². The van der Waals surface area contributed by atoms with Crippen molar-refractivity contribution in [3.05, 3.63) is 57.9 Å². The molecule has 172 valence electrons. The third kappa shape index (κ3) is 3.81. The summed E-state index contributed by atoms with van der Waals surface area (Å²) in [4.78, 5) is 16.0. The van der Waals surface area contributed by atoms with Gasteiger partial charge in [-0.1, -0.05) is 0 Å². The SMILES string of the molecule is CNc1ccc(N2CCCC2)cc1-n1nc(-c2cc(OC)cc(OC)c2)c2c(c1=O)CCC2. The Morgan fingerprint density at radius 3 is 2.27 bits per heavy atom. The summed E-state index contributed by atoms with van der Waals surface area (Å²) in [5, 5.41) is 8.19. The number of benzene rings is 2. The van der Waals surface area contributed by atoms with Crippen LogP contribution in [0.5, 0.6) is 11.5 Å². The van der Waals surface area contributed by atoms with E-state index >= 15 is 0 Å². The molecule has 5 rings (SSSR count). The lowest BCUT2D eigenvalue weighted by atomic mass is 10.0. The Kier molecular flexibility index (Phi) is 5.70. The maximum atomic E-state index is 13.6. The first-order chi connectivity index (χ1) is 16.1. The summed E-state index contributed by atoms with van der Waals surface area (Å²) < 4.78 is 12.6. The number of methoxy groups -OCH3 is 2. The van der Waals surface area contributed by atoms with Crippen molar-refractivity contribution in [2.45, 2.75) is 32.1 Å². The number of rotatable bonds is 6. The van der Waals surface area contributed by atoms with Gasteiger partial charge in [0.2, 0.25) is 0 Å². The highest BCUT2D eigenvalue weighted by molar-refractivity contribution is 5.71. The van der Waals surface area contributed by atoms with E-state index in [2.05, 4.69) is 22.3 Å². The molecule has 0 atom stereocenters. The van der Waals surface area contributed by atoms with Gasteiger partial charge in [0, 0.05) is 43.0 Å². The van der Waals surface area contributed by atoms with Gasteiger partial charge in [-0.05, 0) is 68.0 Å². The molecule has 3 aromatic rings. The molecule has 7 heteroatoms. The van der Waals surface area contributed by atoms with Gasteiger partial charge in [0.15, 0.2) is 0 Å². The van der Waals surface area contributed by atoms with E-state index in [1.165, 1.54) is 12.8 Å². The van der Waals surface area contributed by atoms with Crippen LogP contribution in [0.3, 0.4) is 0 Å². The number of hydrogen-bond donors (Lipinski definition) is 1. The predicted octanol–water partition coefficient (Wildman–Crippen LogP) is 4.05. The Hall–Kier alpha value is -3.48. The van der Waals surface area contributed by atoms with Gasteiger partial charge in [-0.3, -0.25) is 4.79 Å². The van der Waals surface area contributed by atoms with Crippen LogP contribution in [0.1, 0.15) is 30.4 Å². The van der Waals surface area contributed by atoms with Gasteiger partial charge in [-0.2, -0.15) is 9.78 Å². The molecule has 1 N–H and O–H groups in total. The zero-order valence-electron chi connectivity index (χ0n) is 19.5.